The van der Waals surface area contributed by atoms with Crippen LogP contribution >= 0.6 is 27.5 Å². The number of halogens is 5. The smallest absolute Gasteiger partial charge is 0.422 e. The summed E-state index contributed by atoms with van der Waals surface area (Å²) in [6.07, 6.45) is -4.36. The molecule has 0 unspecified atom stereocenters. The fourth-order valence-corrected chi connectivity index (χ4v) is 1.66. The number of ether oxygens (including phenoxy) is 1. The van der Waals surface area contributed by atoms with Crippen LogP contribution in [0.15, 0.2) is 18.2 Å². The van der Waals surface area contributed by atoms with E-state index in [1.807, 2.05) is 0 Å². The van der Waals surface area contributed by atoms with Gasteiger partial charge in [0.1, 0.15) is 5.75 Å². The third kappa shape index (κ3) is 3.91. The molecule has 84 valence electrons. The van der Waals surface area contributed by atoms with E-state index in [1.54, 1.807) is 12.1 Å². The molecule has 0 aromatic heterocycles. The first kappa shape index (κ1) is 12.6. The molecule has 0 saturated carbocycles. The fraction of sp³-hybridized carbons (Fsp3) is 0.333. The van der Waals surface area contributed by atoms with Gasteiger partial charge in [-0.05, 0) is 6.07 Å². The van der Waals surface area contributed by atoms with Crippen molar-refractivity contribution < 1.29 is 17.9 Å². The lowest BCUT2D eigenvalue weighted by Gasteiger charge is -2.13. The summed E-state index contributed by atoms with van der Waals surface area (Å²) in [7, 11) is 0. The van der Waals surface area contributed by atoms with Gasteiger partial charge >= 0.3 is 6.18 Å². The average Bonchev–Trinajstić information content (AvgIpc) is 2.14. The van der Waals surface area contributed by atoms with Crippen molar-refractivity contribution in [2.24, 2.45) is 0 Å². The highest BCUT2D eigenvalue weighted by Gasteiger charge is 2.29. The Kier molecular flexibility index (Phi) is 4.28. The molecule has 0 spiro atoms. The van der Waals surface area contributed by atoms with Crippen molar-refractivity contribution in [2.45, 2.75) is 11.5 Å². The Hall–Kier alpha value is -0.420. The van der Waals surface area contributed by atoms with Gasteiger partial charge in [-0.3, -0.25) is 0 Å². The lowest BCUT2D eigenvalue weighted by Crippen LogP contribution is -2.19. The first-order valence-electron chi connectivity index (χ1n) is 3.97. The summed E-state index contributed by atoms with van der Waals surface area (Å²) < 4.78 is 40.4. The van der Waals surface area contributed by atoms with Gasteiger partial charge in [-0.2, -0.15) is 13.2 Å². The predicted octanol–water partition coefficient (Wildman–Crippen LogP) is 4.18. The minimum atomic E-state index is -4.36. The van der Waals surface area contributed by atoms with Crippen LogP contribution in [0.2, 0.25) is 5.02 Å². The van der Waals surface area contributed by atoms with Gasteiger partial charge in [0, 0.05) is 10.9 Å². The number of rotatable bonds is 3. The molecule has 0 aliphatic heterocycles. The van der Waals surface area contributed by atoms with Crippen LogP contribution in [-0.2, 0) is 5.33 Å². The molecule has 0 radical (unpaired) electrons. The van der Waals surface area contributed by atoms with E-state index >= 15 is 0 Å². The van der Waals surface area contributed by atoms with Crippen LogP contribution in [0.25, 0.3) is 0 Å². The average molecular weight is 304 g/mol. The van der Waals surface area contributed by atoms with Gasteiger partial charge in [-0.15, -0.1) is 0 Å². The number of hydrogen-bond acceptors (Lipinski definition) is 1. The van der Waals surface area contributed by atoms with E-state index in [2.05, 4.69) is 20.7 Å². The summed E-state index contributed by atoms with van der Waals surface area (Å²) in [4.78, 5) is 0. The lowest BCUT2D eigenvalue weighted by atomic mass is 10.2. The maximum absolute atomic E-state index is 11.9. The highest BCUT2D eigenvalue weighted by atomic mass is 79.9. The van der Waals surface area contributed by atoms with Crippen LogP contribution in [0.4, 0.5) is 13.2 Å². The minimum Gasteiger partial charge on any atom is -0.482 e. The molecule has 15 heavy (non-hydrogen) atoms. The maximum Gasteiger partial charge on any atom is 0.422 e. The first-order chi connectivity index (χ1) is 6.94. The van der Waals surface area contributed by atoms with E-state index in [-0.39, 0.29) is 10.8 Å². The topological polar surface area (TPSA) is 9.23 Å². The molecular formula is C9H7BrClF3O. The van der Waals surface area contributed by atoms with E-state index in [0.29, 0.717) is 10.9 Å². The summed E-state index contributed by atoms with van der Waals surface area (Å²) in [6.45, 7) is -1.34. The molecule has 6 heteroatoms. The number of alkyl halides is 4. The molecule has 1 rings (SSSR count). The lowest BCUT2D eigenvalue weighted by molar-refractivity contribution is -0.153. The van der Waals surface area contributed by atoms with E-state index in [1.165, 1.54) is 6.07 Å². The van der Waals surface area contributed by atoms with Gasteiger partial charge < -0.3 is 4.74 Å². The van der Waals surface area contributed by atoms with Crippen LogP contribution < -0.4 is 4.74 Å². The third-order valence-electron chi connectivity index (χ3n) is 1.57. The molecule has 1 aromatic rings. The maximum atomic E-state index is 11.9. The van der Waals surface area contributed by atoms with Crippen molar-refractivity contribution >= 4 is 27.5 Å². The number of hydrogen-bond donors (Lipinski definition) is 0. The van der Waals surface area contributed by atoms with Gasteiger partial charge in [0.2, 0.25) is 0 Å². The highest BCUT2D eigenvalue weighted by molar-refractivity contribution is 9.08. The van der Waals surface area contributed by atoms with Crippen molar-refractivity contribution in [3.05, 3.63) is 28.8 Å². The molecule has 0 aliphatic carbocycles. The zero-order chi connectivity index (χ0) is 11.5. The molecule has 1 nitrogen and oxygen atoms in total. The molecule has 0 aliphatic rings. The molecular weight excluding hydrogens is 296 g/mol. The molecule has 0 fully saturated rings. The Balaban J connectivity index is 2.83. The van der Waals surface area contributed by atoms with Gasteiger partial charge in [0.05, 0.1) is 5.02 Å². The van der Waals surface area contributed by atoms with Gasteiger partial charge in [-0.1, -0.05) is 39.7 Å². The van der Waals surface area contributed by atoms with Crippen LogP contribution in [0.5, 0.6) is 5.75 Å². The van der Waals surface area contributed by atoms with E-state index < -0.39 is 12.8 Å². The van der Waals surface area contributed by atoms with Crippen LogP contribution in [0.1, 0.15) is 5.56 Å². The molecule has 0 atom stereocenters. The van der Waals surface area contributed by atoms with Crippen LogP contribution in [0.3, 0.4) is 0 Å². The summed E-state index contributed by atoms with van der Waals surface area (Å²) in [6, 6.07) is 4.78. The molecule has 1 aromatic carbocycles. The Morgan fingerprint density at radius 2 is 2.00 bits per heavy atom. The monoisotopic (exact) mass is 302 g/mol. The number of benzene rings is 1. The Bertz CT molecular complexity index is 341. The largest absolute Gasteiger partial charge is 0.482 e. The zero-order valence-corrected chi connectivity index (χ0v) is 9.79. The minimum absolute atomic E-state index is 0.0772. The summed E-state index contributed by atoms with van der Waals surface area (Å²) in [5, 5.41) is 0.567. The van der Waals surface area contributed by atoms with Crippen molar-refractivity contribution in [1.29, 1.82) is 0 Å². The summed E-state index contributed by atoms with van der Waals surface area (Å²) in [5.41, 5.74) is 0.590. The quantitative estimate of drug-likeness (QED) is 0.761. The fourth-order valence-electron chi connectivity index (χ4n) is 0.974. The van der Waals surface area contributed by atoms with E-state index in [9.17, 15) is 13.2 Å². The van der Waals surface area contributed by atoms with Crippen molar-refractivity contribution in [3.63, 3.8) is 0 Å². The molecule has 0 amide bonds. The SMILES string of the molecule is FC(F)(F)COc1c(Cl)cccc1CBr. The first-order valence-corrected chi connectivity index (χ1v) is 5.47. The van der Waals surface area contributed by atoms with Crippen molar-refractivity contribution in [3.8, 4) is 5.75 Å². The second-order valence-electron chi connectivity index (χ2n) is 2.77. The van der Waals surface area contributed by atoms with Crippen molar-refractivity contribution in [2.75, 3.05) is 6.61 Å². The molecule has 0 bridgehead atoms. The van der Waals surface area contributed by atoms with Crippen molar-refractivity contribution in [1.82, 2.24) is 0 Å². The third-order valence-corrected chi connectivity index (χ3v) is 2.47. The Morgan fingerprint density at radius 3 is 2.53 bits per heavy atom. The highest BCUT2D eigenvalue weighted by Crippen LogP contribution is 2.31. The molecule has 0 N–H and O–H groups in total. The molecule has 0 heterocycles. The second-order valence-corrected chi connectivity index (χ2v) is 3.73. The van der Waals surface area contributed by atoms with Gasteiger partial charge in [0.25, 0.3) is 0 Å². The normalized spacial score (nSPS) is 11.5. The van der Waals surface area contributed by atoms with Crippen LogP contribution in [0, 0.1) is 0 Å². The number of para-hydroxylation sites is 1. The zero-order valence-electron chi connectivity index (χ0n) is 7.44. The predicted molar refractivity (Wildman–Crippen MR) is 55.6 cm³/mol. The Morgan fingerprint density at radius 1 is 1.33 bits per heavy atom. The second kappa shape index (κ2) is 5.07. The summed E-state index contributed by atoms with van der Waals surface area (Å²) in [5.74, 6) is 0.0772. The van der Waals surface area contributed by atoms with E-state index in [4.69, 9.17) is 11.6 Å². The van der Waals surface area contributed by atoms with Gasteiger partial charge in [0.15, 0.2) is 6.61 Å². The summed E-state index contributed by atoms with van der Waals surface area (Å²) >= 11 is 8.87. The Labute approximate surface area is 98.3 Å². The van der Waals surface area contributed by atoms with Crippen LogP contribution in [-0.4, -0.2) is 12.8 Å². The standard InChI is InChI=1S/C9H7BrClF3O/c10-4-6-2-1-3-7(11)8(6)15-5-9(12,13)14/h1-3H,4-5H2. The molecule has 0 saturated heterocycles. The van der Waals surface area contributed by atoms with E-state index in [0.717, 1.165) is 0 Å². The van der Waals surface area contributed by atoms with Gasteiger partial charge in [-0.25, -0.2) is 0 Å².